The Bertz CT molecular complexity index is 556. The fourth-order valence-electron chi connectivity index (χ4n) is 1.67. The van der Waals surface area contributed by atoms with Crippen LogP contribution in [0.1, 0.15) is 18.2 Å². The number of aliphatic imine (C=N–C) groups is 1. The molecule has 0 aliphatic rings. The van der Waals surface area contributed by atoms with Gasteiger partial charge in [0.05, 0.1) is 17.6 Å². The van der Waals surface area contributed by atoms with Gasteiger partial charge in [0.2, 0.25) is 0 Å². The molecule has 0 aliphatic heterocycles. The van der Waals surface area contributed by atoms with Crippen molar-refractivity contribution in [2.45, 2.75) is 20.8 Å². The van der Waals surface area contributed by atoms with Crippen molar-refractivity contribution in [3.63, 3.8) is 0 Å². The number of aryl methyl sites for hydroxylation is 2. The highest BCUT2D eigenvalue weighted by Gasteiger charge is 1.99. The van der Waals surface area contributed by atoms with Gasteiger partial charge in [-0.25, -0.2) is 0 Å². The molecule has 2 rings (SSSR count). The van der Waals surface area contributed by atoms with Gasteiger partial charge in [-0.15, -0.1) is 0 Å². The number of benzene rings is 1. The minimum atomic E-state index is 0.982. The lowest BCUT2D eigenvalue weighted by atomic mass is 10.2. The molecule has 0 bridgehead atoms. The summed E-state index contributed by atoms with van der Waals surface area (Å²) in [5, 5.41) is 3.32. The van der Waals surface area contributed by atoms with Crippen molar-refractivity contribution in [2.75, 3.05) is 5.32 Å². The van der Waals surface area contributed by atoms with E-state index in [0.29, 0.717) is 0 Å². The van der Waals surface area contributed by atoms with Crippen molar-refractivity contribution in [1.82, 2.24) is 4.98 Å². The molecule has 1 heterocycles. The zero-order valence-corrected chi connectivity index (χ0v) is 10.9. The Morgan fingerprint density at radius 3 is 2.56 bits per heavy atom. The third-order valence-corrected chi connectivity index (χ3v) is 2.68. The van der Waals surface area contributed by atoms with Gasteiger partial charge in [-0.2, -0.15) is 0 Å². The van der Waals surface area contributed by atoms with Gasteiger partial charge in [-0.3, -0.25) is 9.98 Å². The number of aromatic nitrogens is 1. The Morgan fingerprint density at radius 1 is 1.11 bits per heavy atom. The number of anilines is 2. The highest BCUT2D eigenvalue weighted by atomic mass is 14.9. The number of hydrogen-bond acceptors (Lipinski definition) is 3. The molecule has 1 N–H and O–H groups in total. The highest BCUT2D eigenvalue weighted by Crippen LogP contribution is 2.25. The van der Waals surface area contributed by atoms with Crippen molar-refractivity contribution in [2.24, 2.45) is 4.99 Å². The molecule has 0 atom stereocenters. The molecule has 0 saturated heterocycles. The maximum Gasteiger partial charge on any atom is 0.0675 e. The van der Waals surface area contributed by atoms with Gasteiger partial charge in [0.15, 0.2) is 0 Å². The van der Waals surface area contributed by atoms with E-state index < -0.39 is 0 Å². The molecule has 18 heavy (non-hydrogen) atoms. The molecule has 1 aromatic carbocycles. The molecule has 0 fully saturated rings. The van der Waals surface area contributed by atoms with Crippen LogP contribution in [0.5, 0.6) is 0 Å². The van der Waals surface area contributed by atoms with Crippen LogP contribution in [0.2, 0.25) is 0 Å². The summed E-state index contributed by atoms with van der Waals surface area (Å²) in [6.07, 6.45) is 3.64. The lowest BCUT2D eigenvalue weighted by Gasteiger charge is -2.08. The van der Waals surface area contributed by atoms with Crippen molar-refractivity contribution in [3.8, 4) is 0 Å². The fraction of sp³-hybridized carbons (Fsp3) is 0.200. The zero-order valence-electron chi connectivity index (χ0n) is 10.9. The van der Waals surface area contributed by atoms with E-state index in [1.807, 2.05) is 44.3 Å². The highest BCUT2D eigenvalue weighted by molar-refractivity contribution is 5.68. The van der Waals surface area contributed by atoms with Crippen molar-refractivity contribution < 1.29 is 0 Å². The Labute approximate surface area is 108 Å². The summed E-state index contributed by atoms with van der Waals surface area (Å²) in [7, 11) is 0. The number of hydrogen-bond donors (Lipinski definition) is 1. The van der Waals surface area contributed by atoms with E-state index in [4.69, 9.17) is 0 Å². The van der Waals surface area contributed by atoms with Crippen LogP contribution in [0.3, 0.4) is 0 Å². The predicted octanol–water partition coefficient (Wildman–Crippen LogP) is 4.16. The van der Waals surface area contributed by atoms with Crippen molar-refractivity contribution in [3.05, 3.63) is 47.8 Å². The first-order valence-electron chi connectivity index (χ1n) is 5.98. The average Bonchev–Trinajstić information content (AvgIpc) is 2.37. The zero-order chi connectivity index (χ0) is 13.0. The smallest absolute Gasteiger partial charge is 0.0675 e. The van der Waals surface area contributed by atoms with Crippen LogP contribution in [-0.2, 0) is 0 Å². The predicted molar refractivity (Wildman–Crippen MR) is 77.3 cm³/mol. The minimum Gasteiger partial charge on any atom is -0.354 e. The van der Waals surface area contributed by atoms with Crippen molar-refractivity contribution in [1.29, 1.82) is 0 Å². The Kier molecular flexibility index (Phi) is 3.72. The molecule has 92 valence electrons. The molecule has 0 aliphatic carbocycles. The van der Waals surface area contributed by atoms with Crippen LogP contribution in [0.25, 0.3) is 0 Å². The second kappa shape index (κ2) is 5.45. The molecule has 0 spiro atoms. The van der Waals surface area contributed by atoms with Crippen molar-refractivity contribution >= 4 is 23.3 Å². The standard InChI is InChI=1S/C15H17N3/c1-4-16-15-9-13(7-5-11(15)2)18-14-8-6-12(3)17-10-14/h4-10,18H,1-3H3/b16-4-. The van der Waals surface area contributed by atoms with Gasteiger partial charge in [-0.05, 0) is 50.6 Å². The lowest BCUT2D eigenvalue weighted by Crippen LogP contribution is -1.92. The Balaban J connectivity index is 2.24. The van der Waals surface area contributed by atoms with Crippen LogP contribution < -0.4 is 5.32 Å². The van der Waals surface area contributed by atoms with Gasteiger partial charge in [0.25, 0.3) is 0 Å². The van der Waals surface area contributed by atoms with Gasteiger partial charge >= 0.3 is 0 Å². The summed E-state index contributed by atoms with van der Waals surface area (Å²) >= 11 is 0. The van der Waals surface area contributed by atoms with E-state index in [9.17, 15) is 0 Å². The maximum absolute atomic E-state index is 4.34. The Morgan fingerprint density at radius 2 is 1.89 bits per heavy atom. The third-order valence-electron chi connectivity index (χ3n) is 2.68. The minimum absolute atomic E-state index is 0.982. The average molecular weight is 239 g/mol. The SMILES string of the molecule is C/C=N\c1cc(Nc2ccc(C)nc2)ccc1C. The summed E-state index contributed by atoms with van der Waals surface area (Å²) in [6.45, 7) is 5.95. The van der Waals surface area contributed by atoms with Crippen LogP contribution in [0.4, 0.5) is 17.1 Å². The normalized spacial score (nSPS) is 10.8. The molecule has 2 aromatic rings. The topological polar surface area (TPSA) is 37.3 Å². The summed E-state index contributed by atoms with van der Waals surface area (Å²) in [4.78, 5) is 8.60. The van der Waals surface area contributed by atoms with Gasteiger partial charge < -0.3 is 5.32 Å². The molecule has 3 nitrogen and oxygen atoms in total. The molecule has 0 saturated carbocycles. The molecule has 0 amide bonds. The molecule has 0 unspecified atom stereocenters. The first kappa shape index (κ1) is 12.3. The quantitative estimate of drug-likeness (QED) is 0.816. The number of pyridine rings is 1. The monoisotopic (exact) mass is 239 g/mol. The Hall–Kier alpha value is -2.16. The van der Waals surface area contributed by atoms with E-state index in [1.54, 1.807) is 6.21 Å². The van der Waals surface area contributed by atoms with E-state index in [2.05, 4.69) is 28.3 Å². The van der Waals surface area contributed by atoms with E-state index >= 15 is 0 Å². The van der Waals surface area contributed by atoms with Gasteiger partial charge in [0.1, 0.15) is 0 Å². The second-order valence-electron chi connectivity index (χ2n) is 4.20. The number of rotatable bonds is 3. The van der Waals surface area contributed by atoms with Crippen LogP contribution >= 0.6 is 0 Å². The molecular formula is C15H17N3. The molecule has 1 aromatic heterocycles. The molecule has 0 radical (unpaired) electrons. The maximum atomic E-state index is 4.34. The van der Waals surface area contributed by atoms with E-state index in [1.165, 1.54) is 5.56 Å². The van der Waals surface area contributed by atoms with Crippen LogP contribution in [0.15, 0.2) is 41.5 Å². The van der Waals surface area contributed by atoms with Crippen LogP contribution in [0, 0.1) is 13.8 Å². The largest absolute Gasteiger partial charge is 0.354 e. The van der Waals surface area contributed by atoms with E-state index in [-0.39, 0.29) is 0 Å². The summed E-state index contributed by atoms with van der Waals surface area (Å²) in [5.74, 6) is 0. The van der Waals surface area contributed by atoms with Crippen LogP contribution in [-0.4, -0.2) is 11.2 Å². The fourth-order valence-corrected chi connectivity index (χ4v) is 1.67. The summed E-state index contributed by atoms with van der Waals surface area (Å²) < 4.78 is 0. The van der Waals surface area contributed by atoms with Gasteiger partial charge in [0, 0.05) is 17.6 Å². The second-order valence-corrected chi connectivity index (χ2v) is 4.20. The number of nitrogens with one attached hydrogen (secondary N) is 1. The molecule has 3 heteroatoms. The van der Waals surface area contributed by atoms with E-state index in [0.717, 1.165) is 22.8 Å². The molecular weight excluding hydrogens is 222 g/mol. The summed E-state index contributed by atoms with van der Waals surface area (Å²) in [6, 6.07) is 10.2. The summed E-state index contributed by atoms with van der Waals surface area (Å²) in [5.41, 5.74) is 5.17. The third kappa shape index (κ3) is 2.94. The lowest BCUT2D eigenvalue weighted by molar-refractivity contribution is 1.20. The first-order chi connectivity index (χ1) is 8.69. The first-order valence-corrected chi connectivity index (χ1v) is 5.98. The number of nitrogens with zero attached hydrogens (tertiary/aromatic N) is 2. The van der Waals surface area contributed by atoms with Gasteiger partial charge in [-0.1, -0.05) is 6.07 Å².